The van der Waals surface area contributed by atoms with Crippen molar-refractivity contribution in [2.45, 2.75) is 20.3 Å². The maximum Gasteiger partial charge on any atom is 0.321 e. The van der Waals surface area contributed by atoms with E-state index in [-0.39, 0.29) is 18.6 Å². The maximum absolute atomic E-state index is 12.5. The van der Waals surface area contributed by atoms with Crippen LogP contribution >= 0.6 is 0 Å². The summed E-state index contributed by atoms with van der Waals surface area (Å²) in [4.78, 5) is 18.5. The van der Waals surface area contributed by atoms with Crippen molar-refractivity contribution in [3.63, 3.8) is 0 Å². The number of aliphatic hydroxyl groups excluding tert-OH is 1. The Balaban J connectivity index is 1.74. The SMILES string of the molecule is Cc1cc(NC(=O)N2CC(C)CC(CO)C2)cn2ccnc12. The Kier molecular flexibility index (Phi) is 4.02. The van der Waals surface area contributed by atoms with E-state index >= 15 is 0 Å². The average Bonchev–Trinajstić information content (AvgIpc) is 2.95. The van der Waals surface area contributed by atoms with Crippen LogP contribution in [-0.4, -0.2) is 45.1 Å². The van der Waals surface area contributed by atoms with E-state index in [0.29, 0.717) is 12.5 Å². The number of piperidine rings is 1. The van der Waals surface area contributed by atoms with Crippen molar-refractivity contribution in [3.05, 3.63) is 30.2 Å². The number of aliphatic hydroxyl groups is 1. The van der Waals surface area contributed by atoms with Crippen molar-refractivity contribution < 1.29 is 9.90 Å². The maximum atomic E-state index is 12.5. The van der Waals surface area contributed by atoms with E-state index in [1.165, 1.54) is 0 Å². The molecule has 0 aromatic carbocycles. The second-order valence-corrected chi connectivity index (χ2v) is 6.29. The Bertz CT molecular complexity index is 682. The number of aryl methyl sites for hydroxylation is 1. The summed E-state index contributed by atoms with van der Waals surface area (Å²) in [6.45, 7) is 5.56. The fourth-order valence-electron chi connectivity index (χ4n) is 3.26. The van der Waals surface area contributed by atoms with Gasteiger partial charge in [-0.05, 0) is 36.8 Å². The van der Waals surface area contributed by atoms with Gasteiger partial charge in [-0.3, -0.25) is 0 Å². The molecule has 2 N–H and O–H groups in total. The first-order chi connectivity index (χ1) is 10.6. The molecule has 0 radical (unpaired) electrons. The highest BCUT2D eigenvalue weighted by Gasteiger charge is 2.27. The summed E-state index contributed by atoms with van der Waals surface area (Å²) < 4.78 is 1.90. The number of fused-ring (bicyclic) bond motifs is 1. The molecule has 3 rings (SSSR count). The molecule has 3 heterocycles. The van der Waals surface area contributed by atoms with Gasteiger partial charge < -0.3 is 19.7 Å². The van der Waals surface area contributed by atoms with Crippen LogP contribution in [0.1, 0.15) is 18.9 Å². The number of rotatable bonds is 2. The van der Waals surface area contributed by atoms with E-state index in [1.807, 2.05) is 29.8 Å². The first kappa shape index (κ1) is 14.8. The summed E-state index contributed by atoms with van der Waals surface area (Å²) in [5.41, 5.74) is 2.67. The molecule has 0 saturated carbocycles. The summed E-state index contributed by atoms with van der Waals surface area (Å²) in [5, 5.41) is 12.3. The van der Waals surface area contributed by atoms with Crippen LogP contribution < -0.4 is 5.32 Å². The highest BCUT2D eigenvalue weighted by atomic mass is 16.3. The Morgan fingerprint density at radius 3 is 3.09 bits per heavy atom. The zero-order valence-corrected chi connectivity index (χ0v) is 13.0. The normalized spacial score (nSPS) is 22.0. The predicted molar refractivity (Wildman–Crippen MR) is 84.9 cm³/mol. The second-order valence-electron chi connectivity index (χ2n) is 6.29. The standard InChI is InChI=1S/C16H22N4O2/c1-11-5-13(10-21)8-20(7-11)16(22)18-14-6-12(2)15-17-3-4-19(15)9-14/h3-4,6,9,11,13,21H,5,7-8,10H2,1-2H3,(H,18,22). The Hall–Kier alpha value is -2.08. The molecule has 1 aliphatic heterocycles. The number of imidazole rings is 1. The highest BCUT2D eigenvalue weighted by molar-refractivity contribution is 5.89. The van der Waals surface area contributed by atoms with E-state index in [2.05, 4.69) is 17.2 Å². The number of pyridine rings is 1. The largest absolute Gasteiger partial charge is 0.396 e. The van der Waals surface area contributed by atoms with Crippen molar-refractivity contribution in [2.24, 2.45) is 11.8 Å². The van der Waals surface area contributed by atoms with E-state index in [9.17, 15) is 9.90 Å². The van der Waals surface area contributed by atoms with Crippen LogP contribution in [0.2, 0.25) is 0 Å². The first-order valence-corrected chi connectivity index (χ1v) is 7.67. The summed E-state index contributed by atoms with van der Waals surface area (Å²) >= 11 is 0. The van der Waals surface area contributed by atoms with Gasteiger partial charge in [-0.2, -0.15) is 0 Å². The molecule has 0 bridgehead atoms. The van der Waals surface area contributed by atoms with Crippen molar-refractivity contribution in [1.29, 1.82) is 0 Å². The van der Waals surface area contributed by atoms with Gasteiger partial charge in [0.05, 0.1) is 5.69 Å². The molecule has 2 aromatic heterocycles. The lowest BCUT2D eigenvalue weighted by Crippen LogP contribution is -2.46. The fourth-order valence-corrected chi connectivity index (χ4v) is 3.26. The third-order valence-corrected chi connectivity index (χ3v) is 4.21. The van der Waals surface area contributed by atoms with Crippen LogP contribution in [0.15, 0.2) is 24.7 Å². The Morgan fingerprint density at radius 2 is 2.32 bits per heavy atom. The molecule has 2 unspecified atom stereocenters. The van der Waals surface area contributed by atoms with E-state index in [1.54, 1.807) is 11.1 Å². The lowest BCUT2D eigenvalue weighted by molar-refractivity contribution is 0.110. The molecule has 6 heteroatoms. The monoisotopic (exact) mass is 302 g/mol. The molecular formula is C16H22N4O2. The Labute approximate surface area is 129 Å². The number of nitrogens with zero attached hydrogens (tertiary/aromatic N) is 3. The quantitative estimate of drug-likeness (QED) is 0.893. The minimum absolute atomic E-state index is 0.108. The summed E-state index contributed by atoms with van der Waals surface area (Å²) in [7, 11) is 0. The highest BCUT2D eigenvalue weighted by Crippen LogP contribution is 2.22. The zero-order valence-electron chi connectivity index (χ0n) is 13.0. The molecule has 2 aromatic rings. The molecule has 1 fully saturated rings. The molecule has 22 heavy (non-hydrogen) atoms. The molecule has 1 aliphatic rings. The first-order valence-electron chi connectivity index (χ1n) is 7.67. The Morgan fingerprint density at radius 1 is 1.50 bits per heavy atom. The van der Waals surface area contributed by atoms with Crippen molar-refractivity contribution >= 4 is 17.4 Å². The van der Waals surface area contributed by atoms with Crippen molar-refractivity contribution in [3.8, 4) is 0 Å². The van der Waals surface area contributed by atoms with Crippen molar-refractivity contribution in [1.82, 2.24) is 14.3 Å². The van der Waals surface area contributed by atoms with E-state index < -0.39 is 0 Å². The van der Waals surface area contributed by atoms with Gasteiger partial charge in [0.1, 0.15) is 5.65 Å². The van der Waals surface area contributed by atoms with Crippen LogP contribution in [0.25, 0.3) is 5.65 Å². The van der Waals surface area contributed by atoms with Crippen LogP contribution in [0.5, 0.6) is 0 Å². The summed E-state index contributed by atoms with van der Waals surface area (Å²) in [6.07, 6.45) is 6.44. The number of anilines is 1. The van der Waals surface area contributed by atoms with Gasteiger partial charge in [0.25, 0.3) is 0 Å². The smallest absolute Gasteiger partial charge is 0.321 e. The number of likely N-dealkylation sites (tertiary alicyclic amines) is 1. The van der Waals surface area contributed by atoms with Gasteiger partial charge in [-0.25, -0.2) is 9.78 Å². The molecule has 2 amide bonds. The molecular weight excluding hydrogens is 280 g/mol. The number of hydrogen-bond acceptors (Lipinski definition) is 3. The third-order valence-electron chi connectivity index (χ3n) is 4.21. The number of urea groups is 1. The minimum Gasteiger partial charge on any atom is -0.396 e. The molecule has 0 aliphatic carbocycles. The van der Waals surface area contributed by atoms with E-state index in [0.717, 1.165) is 29.9 Å². The third kappa shape index (κ3) is 2.92. The van der Waals surface area contributed by atoms with Gasteiger partial charge in [0.2, 0.25) is 0 Å². The van der Waals surface area contributed by atoms with Crippen LogP contribution in [0, 0.1) is 18.8 Å². The van der Waals surface area contributed by atoms with Gasteiger partial charge in [-0.15, -0.1) is 0 Å². The van der Waals surface area contributed by atoms with Crippen LogP contribution in [0.3, 0.4) is 0 Å². The topological polar surface area (TPSA) is 69.9 Å². The molecule has 1 saturated heterocycles. The van der Waals surface area contributed by atoms with E-state index in [4.69, 9.17) is 0 Å². The summed E-state index contributed by atoms with van der Waals surface area (Å²) in [6, 6.07) is 1.82. The number of nitrogens with one attached hydrogen (secondary N) is 1. The predicted octanol–water partition coefficient (Wildman–Crippen LogP) is 2.12. The fraction of sp³-hybridized carbons (Fsp3) is 0.500. The lowest BCUT2D eigenvalue weighted by Gasteiger charge is -2.35. The molecule has 118 valence electrons. The molecule has 0 spiro atoms. The van der Waals surface area contributed by atoms with Gasteiger partial charge in [0.15, 0.2) is 0 Å². The van der Waals surface area contributed by atoms with Crippen LogP contribution in [0.4, 0.5) is 10.5 Å². The van der Waals surface area contributed by atoms with Crippen molar-refractivity contribution in [2.75, 3.05) is 25.0 Å². The number of carbonyl (C=O) groups is 1. The summed E-state index contributed by atoms with van der Waals surface area (Å²) in [5.74, 6) is 0.585. The van der Waals surface area contributed by atoms with Gasteiger partial charge in [-0.1, -0.05) is 6.92 Å². The van der Waals surface area contributed by atoms with Gasteiger partial charge >= 0.3 is 6.03 Å². The number of amides is 2. The van der Waals surface area contributed by atoms with Gasteiger partial charge in [0, 0.05) is 38.3 Å². The second kappa shape index (κ2) is 5.96. The average molecular weight is 302 g/mol. The van der Waals surface area contributed by atoms with Crippen LogP contribution in [-0.2, 0) is 0 Å². The lowest BCUT2D eigenvalue weighted by atomic mass is 9.91. The molecule has 6 nitrogen and oxygen atoms in total. The zero-order chi connectivity index (χ0) is 15.7. The minimum atomic E-state index is -0.108. The number of aromatic nitrogens is 2. The number of carbonyl (C=O) groups excluding carboxylic acids is 1. The molecule has 2 atom stereocenters. The number of hydrogen-bond donors (Lipinski definition) is 2.